The highest BCUT2D eigenvalue weighted by Gasteiger charge is 2.26. The Morgan fingerprint density at radius 2 is 2.11 bits per heavy atom. The molecule has 1 aromatic carbocycles. The van der Waals surface area contributed by atoms with Crippen LogP contribution in [0.2, 0.25) is 0 Å². The summed E-state index contributed by atoms with van der Waals surface area (Å²) < 4.78 is 6.63. The van der Waals surface area contributed by atoms with Gasteiger partial charge in [-0.05, 0) is 24.8 Å². The molecular formula is C20H27N5O3. The van der Waals surface area contributed by atoms with E-state index in [9.17, 15) is 9.59 Å². The van der Waals surface area contributed by atoms with Crippen LogP contribution in [0.25, 0.3) is 0 Å². The van der Waals surface area contributed by atoms with Gasteiger partial charge in [-0.2, -0.15) is 0 Å². The largest absolute Gasteiger partial charge is 0.383 e. The minimum atomic E-state index is -0.269. The van der Waals surface area contributed by atoms with Gasteiger partial charge in [0.1, 0.15) is 0 Å². The third kappa shape index (κ3) is 5.39. The van der Waals surface area contributed by atoms with E-state index in [1.54, 1.807) is 18.0 Å². The number of aryl methyl sites for hydroxylation is 1. The summed E-state index contributed by atoms with van der Waals surface area (Å²) in [6, 6.07) is 10.1. The minimum Gasteiger partial charge on any atom is -0.383 e. The first-order valence-corrected chi connectivity index (χ1v) is 9.68. The van der Waals surface area contributed by atoms with Gasteiger partial charge in [0.25, 0.3) is 5.91 Å². The number of nitrogens with one attached hydrogen (secondary N) is 1. The quantitative estimate of drug-likeness (QED) is 0.695. The van der Waals surface area contributed by atoms with Gasteiger partial charge in [-0.25, -0.2) is 4.68 Å². The molecule has 0 aliphatic carbocycles. The number of benzene rings is 1. The molecule has 2 amide bonds. The standard InChI is InChI=1S/C20H27N5O3/c1-28-13-11-21-20(27)18-15-25(23-22-18)17-8-5-12-24(14-17)19(26)10-9-16-6-3-2-4-7-16/h2-4,6-7,15,17H,5,8-14H2,1H3,(H,21,27)/t17-/m0/s1. The van der Waals surface area contributed by atoms with Gasteiger partial charge in [0.05, 0.1) is 18.8 Å². The van der Waals surface area contributed by atoms with Crippen molar-refractivity contribution in [3.8, 4) is 0 Å². The lowest BCUT2D eigenvalue weighted by molar-refractivity contribution is -0.132. The predicted molar refractivity (Wildman–Crippen MR) is 104 cm³/mol. The van der Waals surface area contributed by atoms with Crippen LogP contribution in [-0.2, 0) is 16.0 Å². The highest BCUT2D eigenvalue weighted by atomic mass is 16.5. The zero-order valence-electron chi connectivity index (χ0n) is 16.2. The van der Waals surface area contributed by atoms with E-state index in [0.29, 0.717) is 26.1 Å². The van der Waals surface area contributed by atoms with E-state index in [1.165, 1.54) is 5.56 Å². The summed E-state index contributed by atoms with van der Waals surface area (Å²) in [5.41, 5.74) is 1.45. The van der Waals surface area contributed by atoms with E-state index >= 15 is 0 Å². The van der Waals surface area contributed by atoms with Crippen molar-refractivity contribution in [2.45, 2.75) is 31.7 Å². The molecule has 1 fully saturated rings. The number of rotatable bonds is 8. The van der Waals surface area contributed by atoms with Crippen LogP contribution < -0.4 is 5.32 Å². The second-order valence-corrected chi connectivity index (χ2v) is 6.95. The molecule has 1 aromatic heterocycles. The summed E-state index contributed by atoms with van der Waals surface area (Å²) in [6.45, 7) is 2.24. The highest BCUT2D eigenvalue weighted by Crippen LogP contribution is 2.21. The van der Waals surface area contributed by atoms with Gasteiger partial charge < -0.3 is 15.0 Å². The number of hydrogen-bond acceptors (Lipinski definition) is 5. The van der Waals surface area contributed by atoms with E-state index in [-0.39, 0.29) is 23.6 Å². The van der Waals surface area contributed by atoms with Gasteiger partial charge in [0.15, 0.2) is 5.69 Å². The maximum Gasteiger partial charge on any atom is 0.273 e. The Morgan fingerprint density at radius 1 is 1.29 bits per heavy atom. The molecule has 2 aromatic rings. The van der Waals surface area contributed by atoms with Gasteiger partial charge in [0.2, 0.25) is 5.91 Å². The number of methoxy groups -OCH3 is 1. The van der Waals surface area contributed by atoms with Crippen molar-refractivity contribution in [2.75, 3.05) is 33.4 Å². The van der Waals surface area contributed by atoms with Crippen molar-refractivity contribution in [3.05, 3.63) is 47.8 Å². The lowest BCUT2D eigenvalue weighted by Gasteiger charge is -2.32. The van der Waals surface area contributed by atoms with Crippen molar-refractivity contribution in [1.29, 1.82) is 0 Å². The van der Waals surface area contributed by atoms with Crippen molar-refractivity contribution in [2.24, 2.45) is 0 Å². The molecule has 0 bridgehead atoms. The Hall–Kier alpha value is -2.74. The molecule has 0 unspecified atom stereocenters. The highest BCUT2D eigenvalue weighted by molar-refractivity contribution is 5.91. The van der Waals surface area contributed by atoms with Crippen molar-refractivity contribution < 1.29 is 14.3 Å². The van der Waals surface area contributed by atoms with Crippen LogP contribution in [0, 0.1) is 0 Å². The maximum atomic E-state index is 12.6. The van der Waals surface area contributed by atoms with Crippen LogP contribution in [0.3, 0.4) is 0 Å². The number of carbonyl (C=O) groups excluding carboxylic acids is 2. The third-order valence-electron chi connectivity index (χ3n) is 4.93. The number of nitrogens with zero attached hydrogens (tertiary/aromatic N) is 4. The molecule has 3 rings (SSSR count). The summed E-state index contributed by atoms with van der Waals surface area (Å²) >= 11 is 0. The zero-order valence-corrected chi connectivity index (χ0v) is 16.2. The van der Waals surface area contributed by atoms with Crippen molar-refractivity contribution in [1.82, 2.24) is 25.2 Å². The molecule has 1 aliphatic rings. The summed E-state index contributed by atoms with van der Waals surface area (Å²) in [5.74, 6) is -0.110. The van der Waals surface area contributed by atoms with Gasteiger partial charge in [-0.1, -0.05) is 35.5 Å². The first-order valence-electron chi connectivity index (χ1n) is 9.68. The second kappa shape index (κ2) is 9.98. The number of hydrogen-bond donors (Lipinski definition) is 1. The predicted octanol–water partition coefficient (Wildman–Crippen LogP) is 1.45. The second-order valence-electron chi connectivity index (χ2n) is 6.95. The monoisotopic (exact) mass is 385 g/mol. The molecule has 8 heteroatoms. The summed E-state index contributed by atoms with van der Waals surface area (Å²) in [5, 5.41) is 10.8. The Labute approximate surface area is 164 Å². The fraction of sp³-hybridized carbons (Fsp3) is 0.500. The molecule has 28 heavy (non-hydrogen) atoms. The van der Waals surface area contributed by atoms with Crippen LogP contribution >= 0.6 is 0 Å². The maximum absolute atomic E-state index is 12.6. The Bertz CT molecular complexity index is 777. The molecule has 1 saturated heterocycles. The lowest BCUT2D eigenvalue weighted by atomic mass is 10.0. The van der Waals surface area contributed by atoms with Crippen LogP contribution in [0.4, 0.5) is 0 Å². The number of carbonyl (C=O) groups is 2. The molecule has 150 valence electrons. The van der Waals surface area contributed by atoms with Gasteiger partial charge in [-0.15, -0.1) is 5.10 Å². The molecule has 0 saturated carbocycles. The lowest BCUT2D eigenvalue weighted by Crippen LogP contribution is -2.41. The molecule has 1 N–H and O–H groups in total. The third-order valence-corrected chi connectivity index (χ3v) is 4.93. The Kier molecular flexibility index (Phi) is 7.13. The van der Waals surface area contributed by atoms with E-state index in [0.717, 1.165) is 25.8 Å². The van der Waals surface area contributed by atoms with Crippen molar-refractivity contribution >= 4 is 11.8 Å². The van der Waals surface area contributed by atoms with E-state index < -0.39 is 0 Å². The molecule has 8 nitrogen and oxygen atoms in total. The SMILES string of the molecule is COCCNC(=O)c1cn([C@H]2CCCN(C(=O)CCc3ccccc3)C2)nn1. The van der Waals surface area contributed by atoms with E-state index in [1.807, 2.05) is 35.2 Å². The molecule has 2 heterocycles. The molecule has 1 atom stereocenters. The number of piperidine rings is 1. The average Bonchev–Trinajstić information content (AvgIpc) is 3.23. The fourth-order valence-electron chi connectivity index (χ4n) is 3.37. The number of amides is 2. The number of likely N-dealkylation sites (tertiary alicyclic amines) is 1. The van der Waals surface area contributed by atoms with Gasteiger partial charge in [-0.3, -0.25) is 9.59 Å². The Balaban J connectivity index is 1.53. The smallest absolute Gasteiger partial charge is 0.273 e. The first-order chi connectivity index (χ1) is 13.7. The molecule has 1 aliphatic heterocycles. The van der Waals surface area contributed by atoms with Crippen LogP contribution in [0.15, 0.2) is 36.5 Å². The summed E-state index contributed by atoms with van der Waals surface area (Å²) in [4.78, 5) is 26.6. The van der Waals surface area contributed by atoms with Gasteiger partial charge in [0, 0.05) is 33.2 Å². The minimum absolute atomic E-state index is 0.0439. The molecule has 0 spiro atoms. The van der Waals surface area contributed by atoms with Crippen LogP contribution in [0.1, 0.15) is 41.4 Å². The number of aromatic nitrogens is 3. The molecule has 0 radical (unpaired) electrons. The van der Waals surface area contributed by atoms with E-state index in [4.69, 9.17) is 4.74 Å². The fourth-order valence-corrected chi connectivity index (χ4v) is 3.37. The molecular weight excluding hydrogens is 358 g/mol. The average molecular weight is 385 g/mol. The first kappa shape index (κ1) is 20.0. The summed E-state index contributed by atoms with van der Waals surface area (Å²) in [7, 11) is 1.58. The van der Waals surface area contributed by atoms with Crippen LogP contribution in [0.5, 0.6) is 0 Å². The Morgan fingerprint density at radius 3 is 2.89 bits per heavy atom. The summed E-state index contributed by atoms with van der Waals surface area (Å²) in [6.07, 6.45) is 4.73. The van der Waals surface area contributed by atoms with Gasteiger partial charge >= 0.3 is 0 Å². The van der Waals surface area contributed by atoms with Crippen LogP contribution in [-0.4, -0.2) is 65.1 Å². The zero-order chi connectivity index (χ0) is 19.8. The topological polar surface area (TPSA) is 89.4 Å². The van der Waals surface area contributed by atoms with E-state index in [2.05, 4.69) is 15.6 Å². The van der Waals surface area contributed by atoms with Crippen molar-refractivity contribution in [3.63, 3.8) is 0 Å². The normalized spacial score (nSPS) is 16.8. The number of ether oxygens (including phenoxy) is 1.